The van der Waals surface area contributed by atoms with Crippen molar-refractivity contribution in [3.63, 3.8) is 0 Å². The Morgan fingerprint density at radius 3 is 1.72 bits per heavy atom. The monoisotopic (exact) mass is 826 g/mol. The van der Waals surface area contributed by atoms with Crippen molar-refractivity contribution in [1.82, 2.24) is 9.80 Å². The SMILES string of the molecule is C=CCN1CCC2(CC1)CN(C(=O)c1c(F)cccc1F)c1c(C)cc(C)cc12.C=CCN1CCC2(CC1)CN(S(=O)(=O)c1ccccc1Cl)c1c(C)cc(C)cc12. The summed E-state index contributed by atoms with van der Waals surface area (Å²) in [5.74, 6) is -2.23. The van der Waals surface area contributed by atoms with E-state index in [0.717, 1.165) is 111 Å². The maximum absolute atomic E-state index is 14.4. The first-order valence-corrected chi connectivity index (χ1v) is 21.9. The van der Waals surface area contributed by atoms with Crippen LogP contribution in [0, 0.1) is 39.3 Å². The van der Waals surface area contributed by atoms with Crippen molar-refractivity contribution in [2.24, 2.45) is 0 Å². The number of hydrogen-bond donors (Lipinski definition) is 0. The molecule has 0 bridgehead atoms. The van der Waals surface area contributed by atoms with Crippen LogP contribution in [-0.4, -0.2) is 76.5 Å². The first-order chi connectivity index (χ1) is 27.6. The molecule has 2 saturated heterocycles. The van der Waals surface area contributed by atoms with Crippen LogP contribution < -0.4 is 9.21 Å². The number of hydrogen-bond acceptors (Lipinski definition) is 5. The molecule has 0 atom stereocenters. The molecule has 0 aliphatic carbocycles. The lowest BCUT2D eigenvalue weighted by Gasteiger charge is -2.39. The third-order valence-electron chi connectivity index (χ3n) is 12.7. The molecule has 0 aromatic heterocycles. The molecule has 0 N–H and O–H groups in total. The van der Waals surface area contributed by atoms with Crippen LogP contribution in [0.1, 0.15) is 69.4 Å². The molecule has 2 spiro atoms. The van der Waals surface area contributed by atoms with Crippen LogP contribution in [0.2, 0.25) is 5.02 Å². The van der Waals surface area contributed by atoms with E-state index in [1.165, 1.54) is 17.2 Å². The second-order valence-electron chi connectivity index (χ2n) is 16.6. The molecule has 11 heteroatoms. The van der Waals surface area contributed by atoms with Gasteiger partial charge in [-0.25, -0.2) is 17.2 Å². The molecule has 4 aromatic carbocycles. The van der Waals surface area contributed by atoms with E-state index in [-0.39, 0.29) is 20.7 Å². The molecule has 0 unspecified atom stereocenters. The molecule has 0 saturated carbocycles. The first kappa shape index (κ1) is 41.8. The highest BCUT2D eigenvalue weighted by molar-refractivity contribution is 7.93. The molecule has 4 heterocycles. The predicted octanol–water partition coefficient (Wildman–Crippen LogP) is 9.45. The van der Waals surface area contributed by atoms with Gasteiger partial charge in [0.1, 0.15) is 22.1 Å². The summed E-state index contributed by atoms with van der Waals surface area (Å²) in [4.78, 5) is 19.8. The molecule has 4 aromatic rings. The first-order valence-electron chi connectivity index (χ1n) is 20.1. The maximum Gasteiger partial charge on any atom is 0.265 e. The van der Waals surface area contributed by atoms with Gasteiger partial charge >= 0.3 is 0 Å². The van der Waals surface area contributed by atoms with Crippen LogP contribution in [0.4, 0.5) is 20.2 Å². The number of aryl methyl sites for hydroxylation is 4. The van der Waals surface area contributed by atoms with Gasteiger partial charge < -0.3 is 4.90 Å². The van der Waals surface area contributed by atoms with Crippen LogP contribution in [-0.2, 0) is 20.9 Å². The van der Waals surface area contributed by atoms with Crippen molar-refractivity contribution in [2.75, 3.05) is 61.6 Å². The van der Waals surface area contributed by atoms with Gasteiger partial charge in [-0.1, -0.05) is 77.3 Å². The summed E-state index contributed by atoms with van der Waals surface area (Å²) in [7, 11) is -3.75. The zero-order valence-electron chi connectivity index (χ0n) is 34.0. The smallest absolute Gasteiger partial charge is 0.265 e. The fourth-order valence-corrected chi connectivity index (χ4v) is 12.0. The van der Waals surface area contributed by atoms with Gasteiger partial charge in [-0.05, 0) is 126 Å². The number of sulfonamides is 1. The molecule has 58 heavy (non-hydrogen) atoms. The van der Waals surface area contributed by atoms with E-state index in [2.05, 4.69) is 55.0 Å². The number of rotatable bonds is 7. The number of fused-ring (bicyclic) bond motifs is 4. The maximum atomic E-state index is 14.4. The fourth-order valence-electron chi connectivity index (χ4n) is 9.86. The molecular weight excluding hydrogens is 774 g/mol. The largest absolute Gasteiger partial charge is 0.307 e. The Morgan fingerprint density at radius 2 is 1.21 bits per heavy atom. The highest BCUT2D eigenvalue weighted by Gasteiger charge is 2.50. The van der Waals surface area contributed by atoms with E-state index in [1.807, 2.05) is 32.1 Å². The van der Waals surface area contributed by atoms with E-state index < -0.39 is 33.1 Å². The lowest BCUT2D eigenvalue weighted by atomic mass is 9.73. The summed E-state index contributed by atoms with van der Waals surface area (Å²) in [5, 5.41) is 0.264. The Morgan fingerprint density at radius 1 is 0.724 bits per heavy atom. The van der Waals surface area contributed by atoms with E-state index in [1.54, 1.807) is 33.5 Å². The molecule has 1 amide bonds. The Labute approximate surface area is 347 Å². The standard InChI is InChI=1S/C24H26F2N2O.C23H27ClN2O2S/c1-4-10-27-11-8-24(9-12-27)15-28(22-17(3)13-16(2)14-18(22)24)23(29)21-19(25)6-5-7-20(21)26;1-4-11-25-12-9-23(10-13-25)16-26(22-18(3)14-17(2)15-19(22)23)29(27,28)21-8-6-5-7-20(21)24/h4-7,13-14H,1,8-12,15H2,2-3H3;4-8,14-15H,1,9-13,16H2,2-3H3. The third-order valence-corrected chi connectivity index (χ3v) is 14.9. The normalized spacial score (nSPS) is 18.5. The van der Waals surface area contributed by atoms with E-state index in [0.29, 0.717) is 13.1 Å². The van der Waals surface area contributed by atoms with Crippen LogP contribution in [0.15, 0.2) is 96.9 Å². The summed E-state index contributed by atoms with van der Waals surface area (Å²) < 4.78 is 57.7. The zero-order chi connectivity index (χ0) is 41.6. The van der Waals surface area contributed by atoms with Crippen LogP contribution in [0.3, 0.4) is 0 Å². The molecule has 4 aliphatic heterocycles. The zero-order valence-corrected chi connectivity index (χ0v) is 35.5. The second kappa shape index (κ2) is 16.4. The minimum atomic E-state index is -3.75. The van der Waals surface area contributed by atoms with E-state index >= 15 is 0 Å². The molecular formula is C47H53ClF2N4O3S. The van der Waals surface area contributed by atoms with Gasteiger partial charge in [0.25, 0.3) is 15.9 Å². The number of likely N-dealkylation sites (tertiary alicyclic amines) is 2. The lowest BCUT2D eigenvalue weighted by molar-refractivity contribution is 0.0969. The molecule has 8 rings (SSSR count). The van der Waals surface area contributed by atoms with Crippen molar-refractivity contribution in [2.45, 2.75) is 69.1 Å². The Kier molecular flexibility index (Phi) is 11.8. The van der Waals surface area contributed by atoms with Gasteiger partial charge in [-0.15, -0.1) is 13.2 Å². The van der Waals surface area contributed by atoms with Crippen molar-refractivity contribution in [3.8, 4) is 0 Å². The topological polar surface area (TPSA) is 64.2 Å². The van der Waals surface area contributed by atoms with Crippen molar-refractivity contribution >= 4 is 38.9 Å². The summed E-state index contributed by atoms with van der Waals surface area (Å²) in [5.41, 5.74) is 7.44. The molecule has 7 nitrogen and oxygen atoms in total. The van der Waals surface area contributed by atoms with Gasteiger partial charge in [0.15, 0.2) is 0 Å². The number of anilines is 2. The second-order valence-corrected chi connectivity index (χ2v) is 18.9. The average molecular weight is 827 g/mol. The Hall–Kier alpha value is -4.35. The molecule has 2 fully saturated rings. The third kappa shape index (κ3) is 7.53. The van der Waals surface area contributed by atoms with Gasteiger partial charge in [0, 0.05) is 37.0 Å². The molecule has 4 aliphatic rings. The Bertz CT molecular complexity index is 2350. The number of piperidine rings is 2. The van der Waals surface area contributed by atoms with Crippen molar-refractivity contribution in [1.29, 1.82) is 0 Å². The van der Waals surface area contributed by atoms with Gasteiger partial charge in [0.05, 0.1) is 16.4 Å². The number of carbonyl (C=O) groups is 1. The van der Waals surface area contributed by atoms with Gasteiger partial charge in [0.2, 0.25) is 0 Å². The van der Waals surface area contributed by atoms with Gasteiger partial charge in [-0.3, -0.25) is 18.9 Å². The summed E-state index contributed by atoms with van der Waals surface area (Å²) in [6.45, 7) is 22.1. The van der Waals surface area contributed by atoms with Crippen molar-refractivity contribution in [3.05, 3.63) is 148 Å². The fraction of sp³-hybridized carbons (Fsp3) is 0.383. The number of carbonyl (C=O) groups excluding carboxylic acids is 1. The van der Waals surface area contributed by atoms with Crippen LogP contribution in [0.25, 0.3) is 0 Å². The number of benzene rings is 4. The molecule has 306 valence electrons. The van der Waals surface area contributed by atoms with Gasteiger partial charge in [-0.2, -0.15) is 0 Å². The predicted molar refractivity (Wildman–Crippen MR) is 231 cm³/mol. The lowest BCUT2D eigenvalue weighted by Crippen LogP contribution is -2.46. The van der Waals surface area contributed by atoms with E-state index in [9.17, 15) is 22.0 Å². The quantitative estimate of drug-likeness (QED) is 0.174. The van der Waals surface area contributed by atoms with Crippen molar-refractivity contribution < 1.29 is 22.0 Å². The average Bonchev–Trinajstić information content (AvgIpc) is 3.67. The highest BCUT2D eigenvalue weighted by Crippen LogP contribution is 2.52. The minimum Gasteiger partial charge on any atom is -0.307 e. The minimum absolute atomic E-state index is 0.155. The number of nitrogens with zero attached hydrogens (tertiary/aromatic N) is 4. The summed E-state index contributed by atoms with van der Waals surface area (Å²) in [6.07, 6.45) is 7.52. The summed E-state index contributed by atoms with van der Waals surface area (Å²) >= 11 is 6.29. The summed E-state index contributed by atoms with van der Waals surface area (Å²) in [6, 6.07) is 18.7. The van der Waals surface area contributed by atoms with Crippen LogP contribution >= 0.6 is 11.6 Å². The van der Waals surface area contributed by atoms with Crippen LogP contribution in [0.5, 0.6) is 0 Å². The number of amides is 1. The van der Waals surface area contributed by atoms with E-state index in [4.69, 9.17) is 11.6 Å². The Balaban J connectivity index is 0.000000177. The highest BCUT2D eigenvalue weighted by atomic mass is 35.5. The number of halogens is 3. The molecule has 0 radical (unpaired) electrons.